The van der Waals surface area contributed by atoms with Gasteiger partial charge in [-0.15, -0.1) is 0 Å². The molecule has 2 nitrogen and oxygen atoms in total. The minimum absolute atomic E-state index is 0.0748. The number of nitrogens with two attached hydrogens (primary N) is 1. The lowest BCUT2D eigenvalue weighted by atomic mass is 10.1. The largest absolute Gasteiger partial charge is 0.383 e. The van der Waals surface area contributed by atoms with Gasteiger partial charge in [0.25, 0.3) is 0 Å². The molecule has 1 aromatic rings. The molecule has 0 heterocycles. The minimum atomic E-state index is -0.0748. The molecule has 2 N–H and O–H groups in total. The van der Waals surface area contributed by atoms with Crippen molar-refractivity contribution < 1.29 is 4.74 Å². The second kappa shape index (κ2) is 5.14. The first-order valence-electron chi connectivity index (χ1n) is 3.84. The van der Waals surface area contributed by atoms with E-state index >= 15 is 0 Å². The minimum Gasteiger partial charge on any atom is -0.383 e. The van der Waals surface area contributed by atoms with E-state index in [0.29, 0.717) is 6.61 Å². The average Bonchev–Trinajstić information content (AvgIpc) is 2.04. The lowest BCUT2D eigenvalue weighted by Crippen LogP contribution is -2.17. The lowest BCUT2D eigenvalue weighted by Gasteiger charge is -2.12. The third kappa shape index (κ3) is 3.09. The molecule has 1 rings (SSSR count). The second-order valence-corrected chi connectivity index (χ2v) is 4.33. The fourth-order valence-corrected chi connectivity index (χ4v) is 2.34. The molecule has 0 aliphatic carbocycles. The van der Waals surface area contributed by atoms with Gasteiger partial charge >= 0.3 is 0 Å². The van der Waals surface area contributed by atoms with Gasteiger partial charge in [-0.3, -0.25) is 0 Å². The first kappa shape index (κ1) is 11.2. The molecule has 0 aliphatic heterocycles. The molecule has 1 atom stereocenters. The predicted octanol–water partition coefficient (Wildman–Crippen LogP) is 2.59. The Kier molecular flexibility index (Phi) is 4.45. The maximum atomic E-state index is 5.88. The van der Waals surface area contributed by atoms with E-state index in [1.165, 1.54) is 0 Å². The molecule has 0 radical (unpaired) electrons. The van der Waals surface area contributed by atoms with Crippen LogP contribution in [0.4, 0.5) is 0 Å². The maximum Gasteiger partial charge on any atom is 0.0655 e. The maximum absolute atomic E-state index is 5.88. The molecule has 0 aromatic heterocycles. The summed E-state index contributed by atoms with van der Waals surface area (Å²) in [4.78, 5) is 0. The van der Waals surface area contributed by atoms with Crippen molar-refractivity contribution >= 4 is 34.2 Å². The zero-order valence-corrected chi connectivity index (χ0v) is 10.2. The summed E-state index contributed by atoms with van der Waals surface area (Å²) in [5, 5.41) is 0.734. The monoisotopic (exact) mass is 311 g/mol. The third-order valence-electron chi connectivity index (χ3n) is 1.71. The molecule has 1 aromatic carbocycles. The van der Waals surface area contributed by atoms with Gasteiger partial charge in [0.05, 0.1) is 12.6 Å². The number of rotatable bonds is 3. The zero-order chi connectivity index (χ0) is 9.84. The van der Waals surface area contributed by atoms with Gasteiger partial charge in [-0.25, -0.2) is 0 Å². The van der Waals surface area contributed by atoms with Gasteiger partial charge < -0.3 is 10.5 Å². The van der Waals surface area contributed by atoms with Crippen LogP contribution in [0.3, 0.4) is 0 Å². The Hall–Kier alpha value is 0.160. The molecule has 0 bridgehead atoms. The molecular weight excluding hydrogens is 300 g/mol. The summed E-state index contributed by atoms with van der Waals surface area (Å²) >= 11 is 8.04. The first-order chi connectivity index (χ1) is 6.15. The Morgan fingerprint density at radius 1 is 1.62 bits per heavy atom. The smallest absolute Gasteiger partial charge is 0.0655 e. The molecular formula is C9H11ClINO. The Balaban J connectivity index is 2.88. The van der Waals surface area contributed by atoms with Crippen LogP contribution in [0.25, 0.3) is 0 Å². The van der Waals surface area contributed by atoms with E-state index in [1.807, 2.05) is 18.2 Å². The summed E-state index contributed by atoms with van der Waals surface area (Å²) in [6, 6.07) is 5.60. The molecule has 0 saturated heterocycles. The van der Waals surface area contributed by atoms with Crippen molar-refractivity contribution in [2.75, 3.05) is 13.7 Å². The summed E-state index contributed by atoms with van der Waals surface area (Å²) in [5.41, 5.74) is 6.96. The van der Waals surface area contributed by atoms with Gasteiger partial charge in [0.15, 0.2) is 0 Å². The quantitative estimate of drug-likeness (QED) is 0.871. The van der Waals surface area contributed by atoms with Gasteiger partial charge in [-0.2, -0.15) is 0 Å². The van der Waals surface area contributed by atoms with Crippen LogP contribution in [0.5, 0.6) is 0 Å². The molecule has 0 fully saturated rings. The van der Waals surface area contributed by atoms with E-state index in [-0.39, 0.29) is 6.04 Å². The fraction of sp³-hybridized carbons (Fsp3) is 0.333. The normalized spacial score (nSPS) is 12.9. The van der Waals surface area contributed by atoms with Crippen LogP contribution in [0, 0.1) is 3.57 Å². The standard InChI is InChI=1S/C9H11ClINO/c1-13-5-9(12)7-3-2-6(10)4-8(7)11/h2-4,9H,5,12H2,1H3/t9-/m1/s1. The Bertz CT molecular complexity index is 293. The van der Waals surface area contributed by atoms with Gasteiger partial charge in [-0.1, -0.05) is 17.7 Å². The number of hydrogen-bond donors (Lipinski definition) is 1. The molecule has 4 heteroatoms. The van der Waals surface area contributed by atoms with E-state index in [0.717, 1.165) is 14.2 Å². The fourth-order valence-electron chi connectivity index (χ4n) is 1.07. The van der Waals surface area contributed by atoms with Crippen molar-refractivity contribution in [1.82, 2.24) is 0 Å². The predicted molar refractivity (Wildman–Crippen MR) is 63.0 cm³/mol. The van der Waals surface area contributed by atoms with E-state index in [9.17, 15) is 0 Å². The Morgan fingerprint density at radius 3 is 2.85 bits per heavy atom. The van der Waals surface area contributed by atoms with Gasteiger partial charge in [0.1, 0.15) is 0 Å². The van der Waals surface area contributed by atoms with Crippen molar-refractivity contribution in [2.45, 2.75) is 6.04 Å². The number of ether oxygens (including phenoxy) is 1. The average molecular weight is 312 g/mol. The summed E-state index contributed by atoms with van der Waals surface area (Å²) in [6.07, 6.45) is 0. The lowest BCUT2D eigenvalue weighted by molar-refractivity contribution is 0.180. The van der Waals surface area contributed by atoms with E-state index in [2.05, 4.69) is 22.6 Å². The summed E-state index contributed by atoms with van der Waals surface area (Å²) < 4.78 is 6.06. The van der Waals surface area contributed by atoms with Gasteiger partial charge in [0, 0.05) is 15.7 Å². The van der Waals surface area contributed by atoms with Crippen LogP contribution in [0.15, 0.2) is 18.2 Å². The Morgan fingerprint density at radius 2 is 2.31 bits per heavy atom. The molecule has 72 valence electrons. The third-order valence-corrected chi connectivity index (χ3v) is 2.88. The highest BCUT2D eigenvalue weighted by Crippen LogP contribution is 2.22. The van der Waals surface area contributed by atoms with Gasteiger partial charge in [-0.05, 0) is 40.3 Å². The van der Waals surface area contributed by atoms with Crippen molar-refractivity contribution in [1.29, 1.82) is 0 Å². The van der Waals surface area contributed by atoms with Crippen molar-refractivity contribution in [3.63, 3.8) is 0 Å². The van der Waals surface area contributed by atoms with Crippen LogP contribution in [0.2, 0.25) is 5.02 Å². The number of benzene rings is 1. The second-order valence-electron chi connectivity index (χ2n) is 2.73. The van der Waals surface area contributed by atoms with Crippen LogP contribution in [-0.2, 0) is 4.74 Å². The highest BCUT2D eigenvalue weighted by atomic mass is 127. The molecule has 0 aliphatic rings. The van der Waals surface area contributed by atoms with Crippen LogP contribution >= 0.6 is 34.2 Å². The summed E-state index contributed by atoms with van der Waals surface area (Å²) in [5.74, 6) is 0. The first-order valence-corrected chi connectivity index (χ1v) is 5.30. The molecule has 0 amide bonds. The van der Waals surface area contributed by atoms with Gasteiger partial charge in [0.2, 0.25) is 0 Å². The zero-order valence-electron chi connectivity index (χ0n) is 7.26. The number of methoxy groups -OCH3 is 1. The summed E-state index contributed by atoms with van der Waals surface area (Å²) in [7, 11) is 1.64. The number of hydrogen-bond acceptors (Lipinski definition) is 2. The van der Waals surface area contributed by atoms with Crippen LogP contribution < -0.4 is 5.73 Å². The number of halogens is 2. The van der Waals surface area contributed by atoms with Crippen LogP contribution in [0.1, 0.15) is 11.6 Å². The highest BCUT2D eigenvalue weighted by molar-refractivity contribution is 14.1. The molecule has 13 heavy (non-hydrogen) atoms. The molecule has 0 unspecified atom stereocenters. The van der Waals surface area contributed by atoms with E-state index in [4.69, 9.17) is 22.1 Å². The Labute approximate surface area is 96.5 Å². The summed E-state index contributed by atoms with van der Waals surface area (Å²) in [6.45, 7) is 0.525. The molecule has 0 saturated carbocycles. The van der Waals surface area contributed by atoms with Crippen molar-refractivity contribution in [2.24, 2.45) is 5.73 Å². The van der Waals surface area contributed by atoms with Crippen molar-refractivity contribution in [3.05, 3.63) is 32.4 Å². The van der Waals surface area contributed by atoms with E-state index in [1.54, 1.807) is 7.11 Å². The van der Waals surface area contributed by atoms with E-state index < -0.39 is 0 Å². The van der Waals surface area contributed by atoms with Crippen LogP contribution in [-0.4, -0.2) is 13.7 Å². The van der Waals surface area contributed by atoms with Crippen molar-refractivity contribution in [3.8, 4) is 0 Å². The SMILES string of the molecule is COC[C@@H](N)c1ccc(Cl)cc1I. The highest BCUT2D eigenvalue weighted by Gasteiger charge is 2.09. The molecule has 0 spiro atoms. The topological polar surface area (TPSA) is 35.2 Å².